The van der Waals surface area contributed by atoms with E-state index in [4.69, 9.17) is 5.26 Å². The van der Waals surface area contributed by atoms with Crippen LogP contribution >= 0.6 is 0 Å². The molecule has 2 rings (SSSR count). The molecule has 1 fully saturated rings. The van der Waals surface area contributed by atoms with Crippen molar-refractivity contribution < 1.29 is 4.39 Å². The number of nitriles is 1. The Labute approximate surface area is 156 Å². The lowest BCUT2D eigenvalue weighted by Crippen LogP contribution is -2.54. The molecule has 1 aliphatic rings. The van der Waals surface area contributed by atoms with Gasteiger partial charge in [-0.25, -0.2) is 9.38 Å². The minimum atomic E-state index is -0.391. The van der Waals surface area contributed by atoms with Crippen molar-refractivity contribution in [1.82, 2.24) is 15.5 Å². The average molecular weight is 359 g/mol. The predicted molar refractivity (Wildman–Crippen MR) is 103 cm³/mol. The molecule has 26 heavy (non-hydrogen) atoms. The van der Waals surface area contributed by atoms with Crippen LogP contribution in [0.25, 0.3) is 0 Å². The van der Waals surface area contributed by atoms with Crippen LogP contribution in [0.3, 0.4) is 0 Å². The van der Waals surface area contributed by atoms with Crippen molar-refractivity contribution in [2.75, 3.05) is 26.2 Å². The van der Waals surface area contributed by atoms with Crippen molar-refractivity contribution in [3.05, 3.63) is 35.1 Å². The fraction of sp³-hybridized carbons (Fsp3) is 0.600. The summed E-state index contributed by atoms with van der Waals surface area (Å²) in [5.41, 5.74) is 0.844. The quantitative estimate of drug-likeness (QED) is 0.605. The topological polar surface area (TPSA) is 63.5 Å². The predicted octanol–water partition coefficient (Wildman–Crippen LogP) is 3.02. The Bertz CT molecular complexity index is 657. The van der Waals surface area contributed by atoms with E-state index < -0.39 is 5.82 Å². The van der Waals surface area contributed by atoms with Gasteiger partial charge in [0.2, 0.25) is 0 Å². The number of aliphatic imine (C=N–C) groups is 1. The molecule has 1 aromatic rings. The lowest BCUT2D eigenvalue weighted by atomic mass is 9.98. The Morgan fingerprint density at radius 2 is 2.00 bits per heavy atom. The first-order valence-corrected chi connectivity index (χ1v) is 9.42. The summed E-state index contributed by atoms with van der Waals surface area (Å²) < 4.78 is 14.0. The lowest BCUT2D eigenvalue weighted by molar-refractivity contribution is 0.0982. The smallest absolute Gasteiger partial charge is 0.191 e. The van der Waals surface area contributed by atoms with Crippen LogP contribution in [0.1, 0.15) is 51.2 Å². The molecule has 1 aliphatic heterocycles. The van der Waals surface area contributed by atoms with E-state index >= 15 is 0 Å². The van der Waals surface area contributed by atoms with E-state index in [1.54, 1.807) is 12.1 Å². The van der Waals surface area contributed by atoms with Gasteiger partial charge in [0, 0.05) is 24.2 Å². The van der Waals surface area contributed by atoms with Gasteiger partial charge in [0.15, 0.2) is 5.96 Å². The number of halogens is 1. The standard InChI is InChI=1S/C20H30FN5/c1-4-23-19(24-14-17-9-8-16(13-22)12-18(17)21)25-15-20(2,3)26-10-6-5-7-11-26/h8-9,12H,4-7,10-11,14-15H2,1-3H3,(H2,23,24,25). The molecular weight excluding hydrogens is 329 g/mol. The van der Waals surface area contributed by atoms with E-state index in [0.717, 1.165) is 26.2 Å². The zero-order valence-corrected chi connectivity index (χ0v) is 16.1. The maximum Gasteiger partial charge on any atom is 0.191 e. The molecule has 1 saturated heterocycles. The molecule has 0 unspecified atom stereocenters. The first-order chi connectivity index (χ1) is 12.5. The lowest BCUT2D eigenvalue weighted by Gasteiger charge is -2.41. The van der Waals surface area contributed by atoms with Crippen molar-refractivity contribution >= 4 is 5.96 Å². The molecule has 2 N–H and O–H groups in total. The second kappa shape index (κ2) is 9.54. The number of piperidine rings is 1. The fourth-order valence-electron chi connectivity index (χ4n) is 3.16. The summed E-state index contributed by atoms with van der Waals surface area (Å²) >= 11 is 0. The van der Waals surface area contributed by atoms with E-state index in [2.05, 4.69) is 34.4 Å². The van der Waals surface area contributed by atoms with Gasteiger partial charge in [-0.2, -0.15) is 5.26 Å². The second-order valence-electron chi connectivity index (χ2n) is 7.33. The third kappa shape index (κ3) is 5.70. The van der Waals surface area contributed by atoms with E-state index in [1.807, 2.05) is 13.0 Å². The molecule has 1 heterocycles. The molecule has 6 heteroatoms. The van der Waals surface area contributed by atoms with Crippen LogP contribution in [0.15, 0.2) is 23.2 Å². The van der Waals surface area contributed by atoms with Crippen LogP contribution in [-0.2, 0) is 6.54 Å². The molecule has 0 spiro atoms. The minimum absolute atomic E-state index is 0.0380. The number of hydrogen-bond donors (Lipinski definition) is 2. The summed E-state index contributed by atoms with van der Waals surface area (Å²) in [7, 11) is 0. The Hall–Kier alpha value is -2.13. The van der Waals surface area contributed by atoms with Gasteiger partial charge in [-0.1, -0.05) is 12.5 Å². The van der Waals surface area contributed by atoms with E-state index in [-0.39, 0.29) is 12.1 Å². The van der Waals surface area contributed by atoms with Crippen molar-refractivity contribution in [2.45, 2.75) is 52.1 Å². The highest BCUT2D eigenvalue weighted by Gasteiger charge is 2.27. The molecule has 0 aliphatic carbocycles. The van der Waals surface area contributed by atoms with Crippen LogP contribution in [-0.4, -0.2) is 42.6 Å². The minimum Gasteiger partial charge on any atom is -0.357 e. The summed E-state index contributed by atoms with van der Waals surface area (Å²) in [6.45, 7) is 10.5. The highest BCUT2D eigenvalue weighted by atomic mass is 19.1. The maximum absolute atomic E-state index is 14.0. The van der Waals surface area contributed by atoms with Gasteiger partial charge in [0.05, 0.1) is 18.2 Å². The molecule has 0 amide bonds. The van der Waals surface area contributed by atoms with Gasteiger partial charge < -0.3 is 10.6 Å². The number of nitrogens with one attached hydrogen (secondary N) is 2. The Balaban J connectivity index is 1.99. The third-order valence-electron chi connectivity index (χ3n) is 4.83. The second-order valence-corrected chi connectivity index (χ2v) is 7.33. The zero-order chi connectivity index (χ0) is 19.0. The molecule has 142 valence electrons. The van der Waals surface area contributed by atoms with Crippen LogP contribution in [0, 0.1) is 17.1 Å². The first kappa shape index (κ1) is 20.2. The number of guanidine groups is 1. The Kier molecular flexibility index (Phi) is 7.40. The SMILES string of the molecule is CCNC(=NCc1ccc(C#N)cc1F)NCC(C)(C)N1CCCCC1. The molecule has 0 aromatic heterocycles. The molecule has 5 nitrogen and oxygen atoms in total. The zero-order valence-electron chi connectivity index (χ0n) is 16.1. The Morgan fingerprint density at radius 3 is 2.62 bits per heavy atom. The highest BCUT2D eigenvalue weighted by Crippen LogP contribution is 2.19. The number of benzene rings is 1. The van der Waals surface area contributed by atoms with Crippen molar-refractivity contribution in [3.63, 3.8) is 0 Å². The molecule has 0 atom stereocenters. The fourth-order valence-corrected chi connectivity index (χ4v) is 3.16. The van der Waals surface area contributed by atoms with E-state index in [1.165, 1.54) is 25.3 Å². The molecule has 0 radical (unpaired) electrons. The largest absolute Gasteiger partial charge is 0.357 e. The monoisotopic (exact) mass is 359 g/mol. The van der Waals surface area contributed by atoms with Crippen LogP contribution in [0.5, 0.6) is 0 Å². The van der Waals surface area contributed by atoms with Crippen LogP contribution in [0.2, 0.25) is 0 Å². The van der Waals surface area contributed by atoms with Crippen molar-refractivity contribution in [1.29, 1.82) is 5.26 Å². The summed E-state index contributed by atoms with van der Waals surface area (Å²) in [5.74, 6) is 0.290. The summed E-state index contributed by atoms with van der Waals surface area (Å²) in [4.78, 5) is 7.02. The van der Waals surface area contributed by atoms with Crippen molar-refractivity contribution in [2.24, 2.45) is 4.99 Å². The number of likely N-dealkylation sites (tertiary alicyclic amines) is 1. The van der Waals surface area contributed by atoms with Crippen LogP contribution in [0.4, 0.5) is 4.39 Å². The van der Waals surface area contributed by atoms with E-state index in [9.17, 15) is 4.39 Å². The van der Waals surface area contributed by atoms with Gasteiger partial charge >= 0.3 is 0 Å². The van der Waals surface area contributed by atoms with Gasteiger partial charge in [-0.3, -0.25) is 4.90 Å². The summed E-state index contributed by atoms with van der Waals surface area (Å²) in [5, 5.41) is 15.4. The van der Waals surface area contributed by atoms with E-state index in [0.29, 0.717) is 17.1 Å². The molecule has 1 aromatic carbocycles. The molecule has 0 bridgehead atoms. The Morgan fingerprint density at radius 1 is 1.27 bits per heavy atom. The average Bonchev–Trinajstić information content (AvgIpc) is 2.65. The molecule has 0 saturated carbocycles. The number of nitrogens with zero attached hydrogens (tertiary/aromatic N) is 3. The third-order valence-corrected chi connectivity index (χ3v) is 4.83. The summed E-state index contributed by atoms with van der Waals surface area (Å²) in [6, 6.07) is 6.44. The highest BCUT2D eigenvalue weighted by molar-refractivity contribution is 5.79. The van der Waals surface area contributed by atoms with Gasteiger partial charge in [-0.15, -0.1) is 0 Å². The first-order valence-electron chi connectivity index (χ1n) is 9.42. The number of hydrogen-bond acceptors (Lipinski definition) is 3. The maximum atomic E-state index is 14.0. The molecular formula is C20H30FN5. The van der Waals surface area contributed by atoms with Crippen LogP contribution < -0.4 is 10.6 Å². The van der Waals surface area contributed by atoms with Gasteiger partial charge in [-0.05, 0) is 58.8 Å². The summed E-state index contributed by atoms with van der Waals surface area (Å²) in [6.07, 6.45) is 3.84. The normalized spacial score (nSPS) is 16.2. The number of rotatable bonds is 6. The van der Waals surface area contributed by atoms with Gasteiger partial charge in [0.1, 0.15) is 5.82 Å². The van der Waals surface area contributed by atoms with Gasteiger partial charge in [0.25, 0.3) is 0 Å². The van der Waals surface area contributed by atoms with Crippen molar-refractivity contribution in [3.8, 4) is 6.07 Å².